The maximum absolute atomic E-state index is 15.5. The summed E-state index contributed by atoms with van der Waals surface area (Å²) in [7, 11) is 1.79. The van der Waals surface area contributed by atoms with Gasteiger partial charge in [-0.15, -0.1) is 0 Å². The number of aryl methyl sites for hydroxylation is 1. The zero-order valence-electron chi connectivity index (χ0n) is 24.2. The second kappa shape index (κ2) is 9.96. The van der Waals surface area contributed by atoms with E-state index in [2.05, 4.69) is 15.0 Å². The summed E-state index contributed by atoms with van der Waals surface area (Å²) in [5.41, 5.74) is 1.17. The first-order chi connectivity index (χ1) is 20.2. The second-order valence-electron chi connectivity index (χ2n) is 11.0. The summed E-state index contributed by atoms with van der Waals surface area (Å²) < 4.78 is 55.8. The SMILES string of the molecule is [2H]C1([2H])c2ncccc2C(=O)N1Cc1c(F)cc(-c2ccc(OC3CN(C4CCCCC4)C3)c3nn(C)cc23)cc1F. The normalized spacial score (nSPS) is 20.4. The summed E-state index contributed by atoms with van der Waals surface area (Å²) in [6.45, 7) is -1.10. The number of hydrogen-bond acceptors (Lipinski definition) is 5. The van der Waals surface area contributed by atoms with Gasteiger partial charge in [-0.3, -0.25) is 19.4 Å². The maximum atomic E-state index is 15.5. The third-order valence-electron chi connectivity index (χ3n) is 8.31. The number of rotatable bonds is 6. The summed E-state index contributed by atoms with van der Waals surface area (Å²) in [5.74, 6) is -1.76. The average Bonchev–Trinajstić information content (AvgIpc) is 3.43. The fourth-order valence-corrected chi connectivity index (χ4v) is 6.18. The van der Waals surface area contributed by atoms with E-state index < -0.39 is 36.1 Å². The third kappa shape index (κ3) is 4.42. The van der Waals surface area contributed by atoms with Crippen LogP contribution in [0.3, 0.4) is 0 Å². The molecule has 1 amide bonds. The molecule has 40 heavy (non-hydrogen) atoms. The van der Waals surface area contributed by atoms with Crippen molar-refractivity contribution in [2.75, 3.05) is 13.1 Å². The van der Waals surface area contributed by atoms with E-state index in [0.29, 0.717) is 33.8 Å². The van der Waals surface area contributed by atoms with Gasteiger partial charge in [-0.05, 0) is 60.4 Å². The molecule has 0 atom stereocenters. The van der Waals surface area contributed by atoms with Crippen molar-refractivity contribution in [2.45, 2.75) is 57.3 Å². The van der Waals surface area contributed by atoms with Crippen LogP contribution in [0.1, 0.15) is 56.5 Å². The first kappa shape index (κ1) is 22.9. The monoisotopic (exact) mass is 545 g/mol. The number of aromatic nitrogens is 3. The molecule has 206 valence electrons. The maximum Gasteiger partial charge on any atom is 0.256 e. The van der Waals surface area contributed by atoms with Gasteiger partial charge in [-0.2, -0.15) is 5.10 Å². The number of halogens is 2. The van der Waals surface area contributed by atoms with Gasteiger partial charge in [0.15, 0.2) is 0 Å². The van der Waals surface area contributed by atoms with Crippen molar-refractivity contribution in [3.05, 3.63) is 77.2 Å². The molecule has 0 bridgehead atoms. The Morgan fingerprint density at radius 3 is 2.60 bits per heavy atom. The second-order valence-corrected chi connectivity index (χ2v) is 11.0. The van der Waals surface area contributed by atoms with Crippen LogP contribution in [0.25, 0.3) is 22.0 Å². The van der Waals surface area contributed by atoms with Crippen LogP contribution in [0.15, 0.2) is 48.8 Å². The number of nitrogens with zero attached hydrogens (tertiary/aromatic N) is 5. The minimum absolute atomic E-state index is 0.0580. The van der Waals surface area contributed by atoms with Gasteiger partial charge in [0.05, 0.1) is 27.0 Å². The minimum atomic E-state index is -2.29. The molecule has 2 aromatic heterocycles. The number of hydrogen-bond donors (Lipinski definition) is 0. The Kier molecular flexibility index (Phi) is 5.71. The predicted molar refractivity (Wildman–Crippen MR) is 147 cm³/mol. The molecule has 4 aromatic rings. The van der Waals surface area contributed by atoms with E-state index in [9.17, 15) is 4.79 Å². The first-order valence-corrected chi connectivity index (χ1v) is 13.8. The molecule has 0 unspecified atom stereocenters. The zero-order chi connectivity index (χ0) is 29.2. The Hall–Kier alpha value is -3.85. The Bertz CT molecular complexity index is 1680. The molecule has 0 spiro atoms. The largest absolute Gasteiger partial charge is 0.485 e. The molecule has 4 heterocycles. The van der Waals surface area contributed by atoms with E-state index >= 15 is 8.78 Å². The minimum Gasteiger partial charge on any atom is -0.485 e. The molecule has 2 aliphatic heterocycles. The highest BCUT2D eigenvalue weighted by Gasteiger charge is 2.35. The molecule has 2 fully saturated rings. The van der Waals surface area contributed by atoms with Gasteiger partial charge in [-0.25, -0.2) is 8.78 Å². The molecule has 3 aliphatic rings. The fraction of sp³-hybridized carbons (Fsp3) is 0.387. The van der Waals surface area contributed by atoms with Crippen LogP contribution in [0.2, 0.25) is 0 Å². The van der Waals surface area contributed by atoms with Crippen LogP contribution in [-0.2, 0) is 20.1 Å². The molecule has 9 heteroatoms. The average molecular weight is 546 g/mol. The number of carbonyl (C=O) groups excluding carboxylic acids is 1. The predicted octanol–water partition coefficient (Wildman–Crippen LogP) is 5.47. The van der Waals surface area contributed by atoms with Crippen LogP contribution in [0, 0.1) is 11.6 Å². The Morgan fingerprint density at radius 1 is 1.07 bits per heavy atom. The van der Waals surface area contributed by atoms with Crippen LogP contribution in [-0.4, -0.2) is 55.7 Å². The van der Waals surface area contributed by atoms with Crippen LogP contribution < -0.4 is 4.74 Å². The number of benzene rings is 2. The van der Waals surface area contributed by atoms with Crippen LogP contribution >= 0.6 is 0 Å². The molecular weight excluding hydrogens is 512 g/mol. The highest BCUT2D eigenvalue weighted by Crippen LogP contribution is 2.37. The smallest absolute Gasteiger partial charge is 0.256 e. The lowest BCUT2D eigenvalue weighted by atomic mass is 9.92. The van der Waals surface area contributed by atoms with E-state index in [1.165, 1.54) is 62.6 Å². The Labute approximate surface area is 234 Å². The fourth-order valence-electron chi connectivity index (χ4n) is 6.18. The van der Waals surface area contributed by atoms with E-state index in [-0.39, 0.29) is 17.4 Å². The van der Waals surface area contributed by atoms with E-state index in [4.69, 9.17) is 7.48 Å². The highest BCUT2D eigenvalue weighted by atomic mass is 19.1. The number of likely N-dealkylation sites (tertiary alicyclic amines) is 1. The molecule has 1 aliphatic carbocycles. The van der Waals surface area contributed by atoms with E-state index in [1.54, 1.807) is 30.1 Å². The van der Waals surface area contributed by atoms with E-state index in [0.717, 1.165) is 18.0 Å². The van der Waals surface area contributed by atoms with Crippen molar-refractivity contribution in [2.24, 2.45) is 7.05 Å². The van der Waals surface area contributed by atoms with Crippen molar-refractivity contribution < 1.29 is 21.1 Å². The molecule has 7 rings (SSSR count). The molecule has 0 N–H and O–H groups in total. The molecule has 1 saturated heterocycles. The van der Waals surface area contributed by atoms with Gasteiger partial charge >= 0.3 is 0 Å². The highest BCUT2D eigenvalue weighted by molar-refractivity contribution is 5.98. The van der Waals surface area contributed by atoms with Crippen molar-refractivity contribution in [1.82, 2.24) is 24.6 Å². The number of pyridine rings is 1. The Balaban J connectivity index is 1.14. The molecule has 2 aromatic carbocycles. The molecule has 7 nitrogen and oxygen atoms in total. The third-order valence-corrected chi connectivity index (χ3v) is 8.31. The van der Waals surface area contributed by atoms with Gasteiger partial charge in [0.2, 0.25) is 0 Å². The van der Waals surface area contributed by atoms with Crippen molar-refractivity contribution in [1.29, 1.82) is 0 Å². The summed E-state index contributed by atoms with van der Waals surface area (Å²) >= 11 is 0. The van der Waals surface area contributed by atoms with Gasteiger partial charge in [0.25, 0.3) is 5.91 Å². The van der Waals surface area contributed by atoms with Crippen LogP contribution in [0.5, 0.6) is 5.75 Å². The molecule has 0 radical (unpaired) electrons. The summed E-state index contributed by atoms with van der Waals surface area (Å²) in [5, 5.41) is 5.30. The van der Waals surface area contributed by atoms with Crippen molar-refractivity contribution in [3.8, 4) is 16.9 Å². The van der Waals surface area contributed by atoms with Gasteiger partial charge in [-0.1, -0.05) is 19.3 Å². The van der Waals surface area contributed by atoms with Crippen LogP contribution in [0.4, 0.5) is 8.78 Å². The lowest BCUT2D eigenvalue weighted by molar-refractivity contribution is -0.0181. The van der Waals surface area contributed by atoms with Gasteiger partial charge in [0.1, 0.15) is 29.0 Å². The molecular formula is C31H31F2N5O2. The first-order valence-electron chi connectivity index (χ1n) is 14.8. The number of fused-ring (bicyclic) bond motifs is 2. The van der Waals surface area contributed by atoms with Gasteiger partial charge < -0.3 is 9.64 Å². The number of carbonyl (C=O) groups is 1. The topological polar surface area (TPSA) is 63.5 Å². The molecule has 1 saturated carbocycles. The lowest BCUT2D eigenvalue weighted by Gasteiger charge is -2.45. The summed E-state index contributed by atoms with van der Waals surface area (Å²) in [6.07, 6.45) is 9.69. The lowest BCUT2D eigenvalue weighted by Crippen LogP contribution is -2.58. The van der Waals surface area contributed by atoms with Crippen molar-refractivity contribution >= 4 is 16.8 Å². The Morgan fingerprint density at radius 2 is 1.85 bits per heavy atom. The van der Waals surface area contributed by atoms with Crippen molar-refractivity contribution in [3.63, 3.8) is 0 Å². The number of amides is 1. The summed E-state index contributed by atoms with van der Waals surface area (Å²) in [6, 6.07) is 9.67. The summed E-state index contributed by atoms with van der Waals surface area (Å²) in [4.78, 5) is 20.2. The number of ether oxygens (including phenoxy) is 1. The quantitative estimate of drug-likeness (QED) is 0.322. The zero-order valence-corrected chi connectivity index (χ0v) is 22.2. The van der Waals surface area contributed by atoms with Gasteiger partial charge in [0, 0.05) is 49.5 Å². The van der Waals surface area contributed by atoms with E-state index in [1.807, 2.05) is 0 Å². The standard InChI is InChI=1S/C31H31F2N5O2/c1-36-16-24-22(9-10-29(30(24)35-36)40-21-14-37(15-21)20-6-3-2-4-7-20)19-12-26(32)25(27(33)13-19)17-38-18-28-23(31(38)39)8-5-11-34-28/h5,8-13,16,20-21H,2-4,6-7,14-15,17-18H2,1H3/i18D2.